The second-order valence-corrected chi connectivity index (χ2v) is 9.73. The molecule has 4 rings (SSSR count). The van der Waals surface area contributed by atoms with Gasteiger partial charge in [-0.1, -0.05) is 54.6 Å². The van der Waals surface area contributed by atoms with Crippen molar-refractivity contribution in [3.05, 3.63) is 83.9 Å². The maximum atomic E-state index is 12.8. The van der Waals surface area contributed by atoms with E-state index in [4.69, 9.17) is 10.5 Å². The highest BCUT2D eigenvalue weighted by Crippen LogP contribution is 2.27. The second kappa shape index (κ2) is 9.56. The van der Waals surface area contributed by atoms with Crippen LogP contribution in [0.2, 0.25) is 0 Å². The number of benzene rings is 3. The van der Waals surface area contributed by atoms with Crippen LogP contribution in [0.4, 0.5) is 0 Å². The standard InChI is InChI=1S/C25H24N2O5S/c26-25(29)22-16-21(33(30,31)27-14-4-5-15-27)12-13-24(22)32-17-23(28)20-10-8-19(9-11-20)18-6-2-1-3-7-18/h1-3,6-13,16H,4-5,14-15,17H2,(H2,26,29). The first-order valence-corrected chi connectivity index (χ1v) is 12.1. The molecule has 1 fully saturated rings. The summed E-state index contributed by atoms with van der Waals surface area (Å²) in [5.74, 6) is -1.04. The van der Waals surface area contributed by atoms with Gasteiger partial charge < -0.3 is 10.5 Å². The summed E-state index contributed by atoms with van der Waals surface area (Å²) in [4.78, 5) is 24.5. The second-order valence-electron chi connectivity index (χ2n) is 7.79. The van der Waals surface area contributed by atoms with Crippen molar-refractivity contribution in [2.45, 2.75) is 17.7 Å². The molecule has 0 aromatic heterocycles. The molecule has 0 bridgehead atoms. The molecule has 0 unspecified atom stereocenters. The van der Waals surface area contributed by atoms with E-state index < -0.39 is 15.9 Å². The van der Waals surface area contributed by atoms with Gasteiger partial charge in [0.25, 0.3) is 5.91 Å². The lowest BCUT2D eigenvalue weighted by Gasteiger charge is -2.17. The molecule has 8 heteroatoms. The van der Waals surface area contributed by atoms with Gasteiger partial charge in [0.2, 0.25) is 10.0 Å². The quantitative estimate of drug-likeness (QED) is 0.514. The predicted octanol–water partition coefficient (Wildman–Crippen LogP) is 3.50. The normalized spacial score (nSPS) is 14.2. The minimum absolute atomic E-state index is 0.0200. The molecule has 3 aromatic carbocycles. The Balaban J connectivity index is 1.48. The number of nitrogens with zero attached hydrogens (tertiary/aromatic N) is 1. The summed E-state index contributed by atoms with van der Waals surface area (Å²) in [6, 6.07) is 20.9. The van der Waals surface area contributed by atoms with Crippen LogP contribution in [-0.2, 0) is 10.0 Å². The average Bonchev–Trinajstić information content (AvgIpc) is 3.39. The first kappa shape index (κ1) is 22.7. The van der Waals surface area contributed by atoms with Gasteiger partial charge in [0.1, 0.15) is 5.75 Å². The van der Waals surface area contributed by atoms with Crippen molar-refractivity contribution in [2.75, 3.05) is 19.7 Å². The van der Waals surface area contributed by atoms with E-state index in [0.29, 0.717) is 18.7 Å². The summed E-state index contributed by atoms with van der Waals surface area (Å²) in [5, 5.41) is 0. The van der Waals surface area contributed by atoms with E-state index in [0.717, 1.165) is 24.0 Å². The van der Waals surface area contributed by atoms with Crippen molar-refractivity contribution in [3.8, 4) is 16.9 Å². The summed E-state index contributed by atoms with van der Waals surface area (Å²) < 4.78 is 32.5. The van der Waals surface area contributed by atoms with E-state index in [2.05, 4.69) is 0 Å². The SMILES string of the molecule is NC(=O)c1cc(S(=O)(=O)N2CCCC2)ccc1OCC(=O)c1ccc(-c2ccccc2)cc1. The number of carbonyl (C=O) groups is 2. The van der Waals surface area contributed by atoms with Gasteiger partial charge in [0.15, 0.2) is 12.4 Å². The molecule has 1 aliphatic rings. The van der Waals surface area contributed by atoms with Gasteiger partial charge in [0.05, 0.1) is 10.5 Å². The topological polar surface area (TPSA) is 107 Å². The number of ketones is 1. The average molecular weight is 465 g/mol. The van der Waals surface area contributed by atoms with Crippen molar-refractivity contribution in [1.82, 2.24) is 4.31 Å². The number of rotatable bonds is 8. The number of amides is 1. The van der Waals surface area contributed by atoms with Gasteiger partial charge in [-0.15, -0.1) is 0 Å². The smallest absolute Gasteiger partial charge is 0.252 e. The Kier molecular flexibility index (Phi) is 6.57. The number of ether oxygens (including phenoxy) is 1. The lowest BCUT2D eigenvalue weighted by Crippen LogP contribution is -2.28. The van der Waals surface area contributed by atoms with Gasteiger partial charge in [-0.05, 0) is 42.2 Å². The molecular formula is C25H24N2O5S. The molecule has 1 aliphatic heterocycles. The third-order valence-corrected chi connectivity index (χ3v) is 7.49. The number of hydrogen-bond acceptors (Lipinski definition) is 5. The first-order valence-electron chi connectivity index (χ1n) is 10.6. The molecule has 3 aromatic rings. The number of carbonyl (C=O) groups excluding carboxylic acids is 2. The third kappa shape index (κ3) is 4.97. The van der Waals surface area contributed by atoms with Crippen LogP contribution in [0.15, 0.2) is 77.7 Å². The van der Waals surface area contributed by atoms with Crippen LogP contribution >= 0.6 is 0 Å². The van der Waals surface area contributed by atoms with Crippen molar-refractivity contribution in [1.29, 1.82) is 0 Å². The highest BCUT2D eigenvalue weighted by atomic mass is 32.2. The molecular weight excluding hydrogens is 440 g/mol. The maximum absolute atomic E-state index is 12.8. The largest absolute Gasteiger partial charge is 0.485 e. The molecule has 2 N–H and O–H groups in total. The van der Waals surface area contributed by atoms with Gasteiger partial charge in [-0.3, -0.25) is 9.59 Å². The molecule has 0 aliphatic carbocycles. The lowest BCUT2D eigenvalue weighted by atomic mass is 10.0. The summed E-state index contributed by atoms with van der Waals surface area (Å²) in [7, 11) is -3.71. The zero-order valence-corrected chi connectivity index (χ0v) is 18.8. The Morgan fingerprint density at radius 1 is 0.879 bits per heavy atom. The number of primary amides is 1. The van der Waals surface area contributed by atoms with Crippen molar-refractivity contribution >= 4 is 21.7 Å². The zero-order valence-electron chi connectivity index (χ0n) is 17.9. The van der Waals surface area contributed by atoms with Crippen LogP contribution in [0.1, 0.15) is 33.6 Å². The number of nitrogens with two attached hydrogens (primary N) is 1. The van der Waals surface area contributed by atoms with E-state index in [1.165, 1.54) is 22.5 Å². The zero-order chi connectivity index (χ0) is 23.4. The van der Waals surface area contributed by atoms with Gasteiger partial charge in [-0.25, -0.2) is 8.42 Å². The van der Waals surface area contributed by atoms with E-state index in [9.17, 15) is 18.0 Å². The van der Waals surface area contributed by atoms with Crippen molar-refractivity contribution < 1.29 is 22.7 Å². The third-order valence-electron chi connectivity index (χ3n) is 5.59. The van der Waals surface area contributed by atoms with Crippen molar-refractivity contribution in [2.24, 2.45) is 5.73 Å². The van der Waals surface area contributed by atoms with Gasteiger partial charge >= 0.3 is 0 Å². The summed E-state index contributed by atoms with van der Waals surface area (Å²) in [5.41, 5.74) is 7.87. The molecule has 170 valence electrons. The summed E-state index contributed by atoms with van der Waals surface area (Å²) in [6.45, 7) is 0.581. The fraction of sp³-hybridized carbons (Fsp3) is 0.200. The van der Waals surface area contributed by atoms with Crippen LogP contribution in [-0.4, -0.2) is 44.1 Å². The molecule has 1 amide bonds. The Morgan fingerprint density at radius 3 is 2.15 bits per heavy atom. The highest BCUT2D eigenvalue weighted by Gasteiger charge is 2.28. The Hall–Kier alpha value is -3.49. The Bertz CT molecular complexity index is 1270. The molecule has 1 heterocycles. The molecule has 0 radical (unpaired) electrons. The predicted molar refractivity (Wildman–Crippen MR) is 125 cm³/mol. The minimum atomic E-state index is -3.71. The molecule has 0 atom stereocenters. The fourth-order valence-corrected chi connectivity index (χ4v) is 5.32. The maximum Gasteiger partial charge on any atom is 0.252 e. The number of sulfonamides is 1. The van der Waals surface area contributed by atoms with Crippen LogP contribution in [0.25, 0.3) is 11.1 Å². The first-order chi connectivity index (χ1) is 15.9. The van der Waals surface area contributed by atoms with Crippen LogP contribution < -0.4 is 10.5 Å². The lowest BCUT2D eigenvalue weighted by molar-refractivity contribution is 0.0912. The van der Waals surface area contributed by atoms with Crippen molar-refractivity contribution in [3.63, 3.8) is 0 Å². The van der Waals surface area contributed by atoms with Gasteiger partial charge in [-0.2, -0.15) is 4.31 Å². The van der Waals surface area contributed by atoms with Crippen LogP contribution in [0.5, 0.6) is 5.75 Å². The monoisotopic (exact) mass is 464 g/mol. The van der Waals surface area contributed by atoms with Crippen LogP contribution in [0, 0.1) is 0 Å². The Labute approximate surface area is 192 Å². The number of Topliss-reactive ketones (excluding diaryl/α,β-unsaturated/α-hetero) is 1. The van der Waals surface area contributed by atoms with Crippen LogP contribution in [0.3, 0.4) is 0 Å². The van der Waals surface area contributed by atoms with Gasteiger partial charge in [0, 0.05) is 18.7 Å². The molecule has 0 saturated carbocycles. The van der Waals surface area contributed by atoms with E-state index in [-0.39, 0.29) is 28.6 Å². The molecule has 7 nitrogen and oxygen atoms in total. The van der Waals surface area contributed by atoms with E-state index >= 15 is 0 Å². The summed E-state index contributed by atoms with van der Waals surface area (Å²) in [6.07, 6.45) is 1.61. The molecule has 33 heavy (non-hydrogen) atoms. The highest BCUT2D eigenvalue weighted by molar-refractivity contribution is 7.89. The van der Waals surface area contributed by atoms with E-state index in [1.807, 2.05) is 42.5 Å². The number of hydrogen-bond donors (Lipinski definition) is 1. The minimum Gasteiger partial charge on any atom is -0.485 e. The molecule has 0 spiro atoms. The fourth-order valence-electron chi connectivity index (χ4n) is 3.77. The molecule has 1 saturated heterocycles. The Morgan fingerprint density at radius 2 is 1.52 bits per heavy atom. The van der Waals surface area contributed by atoms with E-state index in [1.54, 1.807) is 12.1 Å². The summed E-state index contributed by atoms with van der Waals surface area (Å²) >= 11 is 0.